The van der Waals surface area contributed by atoms with Gasteiger partial charge in [0.2, 0.25) is 0 Å². The summed E-state index contributed by atoms with van der Waals surface area (Å²) < 4.78 is 0. The molecule has 74 valence electrons. The lowest BCUT2D eigenvalue weighted by Gasteiger charge is -2.21. The first-order valence-corrected chi connectivity index (χ1v) is 5.44. The molecule has 0 aliphatic rings. The summed E-state index contributed by atoms with van der Waals surface area (Å²) in [5.74, 6) is 0. The van der Waals surface area contributed by atoms with Gasteiger partial charge in [0, 0.05) is 25.0 Å². The third kappa shape index (κ3) is 5.94. The largest absolute Gasteiger partial charge is 0.396 e. The maximum atomic E-state index is 9.31. The minimum atomic E-state index is -0.302. The molecule has 1 unspecified atom stereocenters. The first-order valence-electron chi connectivity index (χ1n) is 4.31. The van der Waals surface area contributed by atoms with Crippen LogP contribution in [0.2, 0.25) is 0 Å². The Balaban J connectivity index is 3.51. The van der Waals surface area contributed by atoms with Crippen LogP contribution in [-0.4, -0.2) is 52.8 Å². The zero-order chi connectivity index (χ0) is 9.40. The summed E-state index contributed by atoms with van der Waals surface area (Å²) in [4.78, 5) is 2.13. The number of alkyl halides is 1. The Kier molecular flexibility index (Phi) is 8.22. The van der Waals surface area contributed by atoms with Crippen LogP contribution < -0.4 is 0 Å². The van der Waals surface area contributed by atoms with Gasteiger partial charge in [-0.1, -0.05) is 22.9 Å². The molecule has 4 heteroatoms. The molecule has 1 atom stereocenters. The molecule has 0 radical (unpaired) electrons. The fraction of sp³-hybridized carbons (Fsp3) is 1.00. The molecule has 3 nitrogen and oxygen atoms in total. The second-order valence-electron chi connectivity index (χ2n) is 2.78. The molecule has 0 spiro atoms. The quantitative estimate of drug-likeness (QED) is 0.635. The van der Waals surface area contributed by atoms with E-state index in [2.05, 4.69) is 27.8 Å². The van der Waals surface area contributed by atoms with Crippen molar-refractivity contribution in [3.05, 3.63) is 0 Å². The molecule has 0 aromatic carbocycles. The summed E-state index contributed by atoms with van der Waals surface area (Å²) >= 11 is 3.21. The smallest absolute Gasteiger partial charge is 0.0763 e. The molecule has 0 aromatic rings. The second kappa shape index (κ2) is 7.98. The first kappa shape index (κ1) is 12.4. The Labute approximate surface area is 82.5 Å². The Morgan fingerprint density at radius 1 is 1.50 bits per heavy atom. The van der Waals surface area contributed by atoms with Crippen LogP contribution >= 0.6 is 15.9 Å². The Hall–Kier alpha value is 0.360. The highest BCUT2D eigenvalue weighted by molar-refractivity contribution is 9.09. The zero-order valence-electron chi connectivity index (χ0n) is 7.54. The lowest BCUT2D eigenvalue weighted by atomic mass is 10.3. The van der Waals surface area contributed by atoms with E-state index in [9.17, 15) is 5.11 Å². The van der Waals surface area contributed by atoms with Crippen LogP contribution in [0, 0.1) is 0 Å². The molecule has 0 saturated carbocycles. The van der Waals surface area contributed by atoms with Gasteiger partial charge in [0.1, 0.15) is 0 Å². The monoisotopic (exact) mass is 239 g/mol. The van der Waals surface area contributed by atoms with Crippen LogP contribution in [0.1, 0.15) is 13.3 Å². The van der Waals surface area contributed by atoms with Gasteiger partial charge < -0.3 is 15.1 Å². The average molecular weight is 240 g/mol. The van der Waals surface area contributed by atoms with Gasteiger partial charge in [-0.15, -0.1) is 0 Å². The van der Waals surface area contributed by atoms with Crippen molar-refractivity contribution in [2.45, 2.75) is 19.4 Å². The van der Waals surface area contributed by atoms with Crippen LogP contribution in [-0.2, 0) is 0 Å². The van der Waals surface area contributed by atoms with Gasteiger partial charge in [0.25, 0.3) is 0 Å². The lowest BCUT2D eigenvalue weighted by Crippen LogP contribution is -2.34. The summed E-state index contributed by atoms with van der Waals surface area (Å²) in [7, 11) is 0. The van der Waals surface area contributed by atoms with E-state index in [0.29, 0.717) is 11.9 Å². The Bertz CT molecular complexity index is 103. The maximum Gasteiger partial charge on any atom is 0.0763 e. The van der Waals surface area contributed by atoms with E-state index in [4.69, 9.17) is 5.11 Å². The van der Waals surface area contributed by atoms with Gasteiger partial charge in [-0.3, -0.25) is 0 Å². The Morgan fingerprint density at radius 3 is 2.58 bits per heavy atom. The molecular weight excluding hydrogens is 222 g/mol. The van der Waals surface area contributed by atoms with E-state index in [1.165, 1.54) is 0 Å². The molecule has 0 amide bonds. The average Bonchev–Trinajstić information content (AvgIpc) is 2.11. The number of nitrogens with zero attached hydrogens (tertiary/aromatic N) is 1. The van der Waals surface area contributed by atoms with E-state index < -0.39 is 0 Å². The van der Waals surface area contributed by atoms with E-state index in [-0.39, 0.29) is 12.7 Å². The summed E-state index contributed by atoms with van der Waals surface area (Å²) in [6, 6.07) is 0. The standard InChI is InChI=1S/C8H18BrNO2/c1-2-10(4-3-5-11)7-8(12)6-9/h8,11-12H,2-7H2,1H3. The number of aliphatic hydroxyl groups is 2. The Morgan fingerprint density at radius 2 is 2.17 bits per heavy atom. The van der Waals surface area contributed by atoms with Gasteiger partial charge >= 0.3 is 0 Å². The fourth-order valence-electron chi connectivity index (χ4n) is 1.02. The summed E-state index contributed by atoms with van der Waals surface area (Å²) in [5.41, 5.74) is 0. The van der Waals surface area contributed by atoms with E-state index >= 15 is 0 Å². The SMILES string of the molecule is CCN(CCCO)CC(O)CBr. The molecule has 2 N–H and O–H groups in total. The maximum absolute atomic E-state index is 9.31. The number of likely N-dealkylation sites (N-methyl/N-ethyl adjacent to an activating group) is 1. The highest BCUT2D eigenvalue weighted by atomic mass is 79.9. The van der Waals surface area contributed by atoms with Gasteiger partial charge in [-0.05, 0) is 13.0 Å². The third-order valence-corrected chi connectivity index (χ3v) is 2.47. The van der Waals surface area contributed by atoms with Crippen molar-refractivity contribution in [1.82, 2.24) is 4.90 Å². The topological polar surface area (TPSA) is 43.7 Å². The van der Waals surface area contributed by atoms with Gasteiger partial charge in [-0.2, -0.15) is 0 Å². The molecular formula is C8H18BrNO2. The second-order valence-corrected chi connectivity index (χ2v) is 3.43. The minimum Gasteiger partial charge on any atom is -0.396 e. The van der Waals surface area contributed by atoms with Crippen molar-refractivity contribution in [2.24, 2.45) is 0 Å². The first-order chi connectivity index (χ1) is 5.74. The van der Waals surface area contributed by atoms with E-state index in [0.717, 1.165) is 19.5 Å². The molecule has 0 fully saturated rings. The van der Waals surface area contributed by atoms with Crippen molar-refractivity contribution in [2.75, 3.05) is 31.6 Å². The summed E-state index contributed by atoms with van der Waals surface area (Å²) in [6.45, 7) is 4.74. The van der Waals surface area contributed by atoms with Crippen LogP contribution in [0.3, 0.4) is 0 Å². The zero-order valence-corrected chi connectivity index (χ0v) is 9.13. The minimum absolute atomic E-state index is 0.223. The van der Waals surface area contributed by atoms with Crippen LogP contribution in [0.5, 0.6) is 0 Å². The predicted octanol–water partition coefficient (Wildman–Crippen LogP) is 0.446. The molecule has 0 saturated heterocycles. The number of aliphatic hydroxyl groups excluding tert-OH is 2. The number of rotatable bonds is 7. The normalized spacial score (nSPS) is 13.8. The molecule has 0 rings (SSSR count). The number of halogens is 1. The molecule has 0 aliphatic heterocycles. The van der Waals surface area contributed by atoms with Crippen molar-refractivity contribution in [1.29, 1.82) is 0 Å². The third-order valence-electron chi connectivity index (χ3n) is 1.73. The van der Waals surface area contributed by atoms with Crippen LogP contribution in [0.4, 0.5) is 0 Å². The number of hydrogen-bond donors (Lipinski definition) is 2. The van der Waals surface area contributed by atoms with E-state index in [1.807, 2.05) is 0 Å². The van der Waals surface area contributed by atoms with Crippen molar-refractivity contribution in [3.63, 3.8) is 0 Å². The highest BCUT2D eigenvalue weighted by Crippen LogP contribution is 1.97. The van der Waals surface area contributed by atoms with Crippen molar-refractivity contribution in [3.8, 4) is 0 Å². The number of hydrogen-bond acceptors (Lipinski definition) is 3. The summed E-state index contributed by atoms with van der Waals surface area (Å²) in [6.07, 6.45) is 0.478. The van der Waals surface area contributed by atoms with Gasteiger partial charge in [0.15, 0.2) is 0 Å². The van der Waals surface area contributed by atoms with E-state index in [1.54, 1.807) is 0 Å². The van der Waals surface area contributed by atoms with Crippen molar-refractivity contribution < 1.29 is 10.2 Å². The van der Waals surface area contributed by atoms with Crippen LogP contribution in [0.25, 0.3) is 0 Å². The van der Waals surface area contributed by atoms with Gasteiger partial charge in [0.05, 0.1) is 6.10 Å². The molecule has 0 aromatic heterocycles. The fourth-order valence-corrected chi connectivity index (χ4v) is 1.22. The molecule has 0 aliphatic carbocycles. The van der Waals surface area contributed by atoms with Crippen LogP contribution in [0.15, 0.2) is 0 Å². The summed E-state index contributed by atoms with van der Waals surface area (Å²) in [5, 5.41) is 18.5. The lowest BCUT2D eigenvalue weighted by molar-refractivity contribution is 0.128. The van der Waals surface area contributed by atoms with Gasteiger partial charge in [-0.25, -0.2) is 0 Å². The molecule has 0 heterocycles. The molecule has 12 heavy (non-hydrogen) atoms. The van der Waals surface area contributed by atoms with Crippen molar-refractivity contribution >= 4 is 15.9 Å². The highest BCUT2D eigenvalue weighted by Gasteiger charge is 2.07. The predicted molar refractivity (Wildman–Crippen MR) is 53.6 cm³/mol. The molecule has 0 bridgehead atoms.